The fraction of sp³-hybridized carbons (Fsp3) is 0. The molecule has 11 heteroatoms. The molecule has 10 aromatic heterocycles. The van der Waals surface area contributed by atoms with Gasteiger partial charge in [-0.15, -0.1) is 22.7 Å². The molecule has 0 aliphatic heterocycles. The normalized spacial score (nSPS) is 12.0. The van der Waals surface area contributed by atoms with Crippen molar-refractivity contribution in [3.8, 4) is 67.6 Å². The van der Waals surface area contributed by atoms with Crippen LogP contribution >= 0.6 is 22.7 Å². The second-order valence-corrected chi connectivity index (χ2v) is 37.1. The van der Waals surface area contributed by atoms with Gasteiger partial charge in [0.15, 0.2) is 0 Å². The zero-order valence-electron chi connectivity index (χ0n) is 72.7. The van der Waals surface area contributed by atoms with Crippen LogP contribution in [0, 0.1) is 0 Å². The van der Waals surface area contributed by atoms with E-state index in [1.807, 2.05) is 23.5 Å². The van der Waals surface area contributed by atoms with E-state index in [9.17, 15) is 0 Å². The minimum absolute atomic E-state index is 0.911. The maximum Gasteiger partial charge on any atom is 0.136 e. The predicted octanol–water partition coefficient (Wildman–Crippen LogP) is 34.1. The zero-order chi connectivity index (χ0) is 88.5. The Morgan fingerprint density at radius 1 is 0.178 bits per heavy atom. The Bertz CT molecular complexity index is 10100. The van der Waals surface area contributed by atoms with E-state index in [0.29, 0.717) is 0 Å². The quantitative estimate of drug-likeness (QED) is 0.145. The highest BCUT2D eigenvalue weighted by Gasteiger charge is 2.28. The van der Waals surface area contributed by atoms with Crippen molar-refractivity contribution in [3.63, 3.8) is 0 Å². The van der Waals surface area contributed by atoms with Crippen molar-refractivity contribution < 1.29 is 4.42 Å². The fourth-order valence-corrected chi connectivity index (χ4v) is 24.1. The molecule has 135 heavy (non-hydrogen) atoms. The molecular formula is C124H76N8OS2. The Morgan fingerprint density at radius 3 is 0.881 bits per heavy atom. The first-order valence-electron chi connectivity index (χ1n) is 45.8. The molecule has 0 aliphatic carbocycles. The van der Waals surface area contributed by atoms with Gasteiger partial charge in [-0.25, -0.2) is 9.97 Å². The van der Waals surface area contributed by atoms with Crippen LogP contribution in [-0.2, 0) is 0 Å². The molecule has 10 heterocycles. The molecule has 30 aromatic rings. The second kappa shape index (κ2) is 30.6. The zero-order valence-corrected chi connectivity index (χ0v) is 74.3. The Balaban J connectivity index is 0.000000101. The lowest BCUT2D eigenvalue weighted by Gasteiger charge is -2.09. The molecule has 0 spiro atoms. The van der Waals surface area contributed by atoms with Gasteiger partial charge in [0.05, 0.1) is 82.1 Å². The van der Waals surface area contributed by atoms with Crippen LogP contribution in [0.3, 0.4) is 0 Å². The average molecular weight is 1760 g/mol. The van der Waals surface area contributed by atoms with Gasteiger partial charge in [-0.3, -0.25) is 0 Å². The third kappa shape index (κ3) is 11.9. The van der Waals surface area contributed by atoms with E-state index in [4.69, 9.17) is 14.4 Å². The SMILES string of the molecule is c1ccc(-n2c3ccccc3c3c4c5cc(-c6ccc7c(c6)oc6ccccc67)ccc5n(-c5ccccc5)c4ccc32)cc1.c1ccc(-n2c3ccccc3c3c4c5cc(-c6ccc7sc8ccccc8c7c6)ccc5n(-c5ccccc5)c4ccc32)cc1.c1ccc(-n2c3ccccc3c3c4c5cc(-c6ncnc7c6sc6ccccc67)ccc5n(-c5ccccc5)c4ccc32)cc1. The fourth-order valence-electron chi connectivity index (χ4n) is 21.9. The van der Waals surface area contributed by atoms with Crippen LogP contribution in [-0.4, -0.2) is 37.4 Å². The highest BCUT2D eigenvalue weighted by molar-refractivity contribution is 7.26. The average Bonchev–Trinajstić information content (AvgIpc) is 1.55. The van der Waals surface area contributed by atoms with Crippen LogP contribution in [0.5, 0.6) is 0 Å². The van der Waals surface area contributed by atoms with Crippen molar-refractivity contribution in [2.45, 2.75) is 0 Å². The summed E-state index contributed by atoms with van der Waals surface area (Å²) < 4.78 is 25.7. The number of thiophene rings is 2. The number of para-hydroxylation sites is 10. The standard InChI is InChI=1S/C42H26N2O.C42H26N2S.C40H24N4S/c1-3-11-29(12-4-1)43-35-17-9-7-16-33(35)41-37(43)23-24-38-42(41)34-25-27(20-22-36(34)44(38)30-13-5-2-6-14-30)28-19-21-32-31-15-8-10-18-39(31)45-40(32)26-28;1-3-11-29(12-4-1)43-35-17-9-7-16-32(35)41-37(43)22-23-38-42(41)34-26-27(19-21-36(34)44(38)30-13-5-2-6-14-30)28-20-24-40-33(25-28)31-15-8-10-18-39(31)45-40;1-3-11-26(12-4-1)43-31-17-9-7-15-28(31)36-33(43)21-22-34-37(36)30-23-25(19-20-32(30)44(34)27-13-5-2-6-14-27)38-40-39(42-24-41-38)29-16-8-10-18-35(29)45-40/h2*1-26H;1-24H. The van der Waals surface area contributed by atoms with Gasteiger partial charge in [0.2, 0.25) is 0 Å². The van der Waals surface area contributed by atoms with Crippen LogP contribution in [0.4, 0.5) is 0 Å². The molecule has 0 unspecified atom stereocenters. The molecule has 30 rings (SSSR count). The Hall–Kier alpha value is -17.5. The number of furan rings is 1. The van der Waals surface area contributed by atoms with Gasteiger partial charge < -0.3 is 31.8 Å². The maximum atomic E-state index is 6.28. The lowest BCUT2D eigenvalue weighted by molar-refractivity contribution is 0.669. The lowest BCUT2D eigenvalue weighted by atomic mass is 9.99. The lowest BCUT2D eigenvalue weighted by Crippen LogP contribution is -1.94. The first kappa shape index (κ1) is 76.4. The Kier molecular flexibility index (Phi) is 17.3. The smallest absolute Gasteiger partial charge is 0.136 e. The number of benzene rings is 20. The van der Waals surface area contributed by atoms with Crippen molar-refractivity contribution in [2.24, 2.45) is 0 Å². The molecule has 9 nitrogen and oxygen atoms in total. The van der Waals surface area contributed by atoms with Gasteiger partial charge in [0.1, 0.15) is 17.5 Å². The molecule has 0 bridgehead atoms. The summed E-state index contributed by atoms with van der Waals surface area (Å²) >= 11 is 3.63. The van der Waals surface area contributed by atoms with Gasteiger partial charge >= 0.3 is 0 Å². The van der Waals surface area contributed by atoms with E-state index in [-0.39, 0.29) is 0 Å². The van der Waals surface area contributed by atoms with Crippen molar-refractivity contribution in [1.29, 1.82) is 0 Å². The molecule has 0 radical (unpaired) electrons. The largest absolute Gasteiger partial charge is 0.456 e. The van der Waals surface area contributed by atoms with Crippen LogP contribution in [0.25, 0.3) is 261 Å². The summed E-state index contributed by atoms with van der Waals surface area (Å²) in [6, 6.07) is 164. The third-order valence-electron chi connectivity index (χ3n) is 27.6. The van der Waals surface area contributed by atoms with E-state index in [0.717, 1.165) is 71.7 Å². The topological polar surface area (TPSA) is 68.5 Å². The van der Waals surface area contributed by atoms with Crippen molar-refractivity contribution in [2.75, 3.05) is 0 Å². The number of fused-ring (bicyclic) bond motifs is 30. The first-order chi connectivity index (χ1) is 67.0. The summed E-state index contributed by atoms with van der Waals surface area (Å²) in [5.74, 6) is 0. The van der Waals surface area contributed by atoms with Crippen molar-refractivity contribution in [1.82, 2.24) is 37.4 Å². The van der Waals surface area contributed by atoms with E-state index in [1.165, 1.54) is 189 Å². The van der Waals surface area contributed by atoms with Crippen LogP contribution in [0.15, 0.2) is 466 Å². The van der Waals surface area contributed by atoms with Gasteiger partial charge in [0, 0.05) is 145 Å². The molecule has 0 aliphatic rings. The number of nitrogens with zero attached hydrogens (tertiary/aromatic N) is 8. The summed E-state index contributed by atoms with van der Waals surface area (Å²) in [4.78, 5) is 9.58. The second-order valence-electron chi connectivity index (χ2n) is 35.0. The molecule has 0 saturated carbocycles. The van der Waals surface area contributed by atoms with Crippen LogP contribution in [0.2, 0.25) is 0 Å². The van der Waals surface area contributed by atoms with E-state index >= 15 is 0 Å². The number of hydrogen-bond acceptors (Lipinski definition) is 5. The molecule has 20 aromatic carbocycles. The summed E-state index contributed by atoms with van der Waals surface area (Å²) in [6.07, 6.45) is 1.71. The van der Waals surface area contributed by atoms with Crippen LogP contribution < -0.4 is 0 Å². The monoisotopic (exact) mass is 1760 g/mol. The minimum atomic E-state index is 0.911. The maximum absolute atomic E-state index is 6.28. The highest BCUT2D eigenvalue weighted by Crippen LogP contribution is 2.50. The number of hydrogen-bond donors (Lipinski definition) is 0. The van der Waals surface area contributed by atoms with Crippen molar-refractivity contribution in [3.05, 3.63) is 461 Å². The molecular weight excluding hydrogens is 1680 g/mol. The molecule has 630 valence electrons. The van der Waals surface area contributed by atoms with E-state index in [2.05, 4.69) is 470 Å². The summed E-state index contributed by atoms with van der Waals surface area (Å²) in [7, 11) is 0. The molecule has 0 N–H and O–H groups in total. The van der Waals surface area contributed by atoms with Gasteiger partial charge in [-0.2, -0.15) is 0 Å². The molecule has 0 atom stereocenters. The van der Waals surface area contributed by atoms with Crippen LogP contribution in [0.1, 0.15) is 0 Å². The number of rotatable bonds is 9. The molecule has 0 fully saturated rings. The first-order valence-corrected chi connectivity index (χ1v) is 47.4. The van der Waals surface area contributed by atoms with E-state index in [1.54, 1.807) is 17.7 Å². The molecule has 0 amide bonds. The summed E-state index contributed by atoms with van der Waals surface area (Å²) in [5, 5.41) is 21.2. The Morgan fingerprint density at radius 2 is 0.459 bits per heavy atom. The molecule has 0 saturated heterocycles. The summed E-state index contributed by atoms with van der Waals surface area (Å²) in [6.45, 7) is 0. The highest BCUT2D eigenvalue weighted by atomic mass is 32.1. The van der Waals surface area contributed by atoms with Crippen molar-refractivity contribution >= 4 is 216 Å². The van der Waals surface area contributed by atoms with Gasteiger partial charge in [-0.05, 0) is 229 Å². The van der Waals surface area contributed by atoms with Gasteiger partial charge in [-0.1, -0.05) is 249 Å². The van der Waals surface area contributed by atoms with E-state index < -0.39 is 0 Å². The number of aromatic nitrogens is 8. The summed E-state index contributed by atoms with van der Waals surface area (Å²) in [5.41, 5.74) is 31.1. The third-order valence-corrected chi connectivity index (χ3v) is 30.0. The predicted molar refractivity (Wildman–Crippen MR) is 570 cm³/mol. The minimum Gasteiger partial charge on any atom is -0.456 e. The Labute approximate surface area is 780 Å². The van der Waals surface area contributed by atoms with Gasteiger partial charge in [0.25, 0.3) is 0 Å².